The number of aromatic nitrogens is 1. The fourth-order valence-corrected chi connectivity index (χ4v) is 1.23. The van der Waals surface area contributed by atoms with Crippen LogP contribution in [0.15, 0.2) is 12.1 Å². The molecule has 0 aromatic carbocycles. The predicted molar refractivity (Wildman–Crippen MR) is 52.8 cm³/mol. The Hall–Kier alpha value is -1.56. The number of pyridine rings is 1. The van der Waals surface area contributed by atoms with E-state index in [4.69, 9.17) is 5.73 Å². The summed E-state index contributed by atoms with van der Waals surface area (Å²) in [7, 11) is 1.23. The van der Waals surface area contributed by atoms with Crippen LogP contribution < -0.4 is 5.73 Å². The molecule has 0 saturated carbocycles. The zero-order valence-corrected chi connectivity index (χ0v) is 8.74. The Bertz CT molecular complexity index is 383. The largest absolute Gasteiger partial charge is 0.469 e. The molecule has 0 bridgehead atoms. The zero-order valence-electron chi connectivity index (χ0n) is 8.74. The van der Waals surface area contributed by atoms with E-state index in [1.807, 2.05) is 0 Å². The predicted octanol–water partition coefficient (Wildman–Crippen LogP) is 1.19. The molecule has 1 rings (SSSR count). The lowest BCUT2D eigenvalue weighted by molar-refractivity contribution is -0.139. The average molecular weight is 230 g/mol. The van der Waals surface area contributed by atoms with E-state index in [1.54, 1.807) is 0 Å². The molecule has 1 heterocycles. The van der Waals surface area contributed by atoms with Crippen LogP contribution in [0.2, 0.25) is 0 Å². The van der Waals surface area contributed by atoms with Crippen molar-refractivity contribution in [3.63, 3.8) is 0 Å². The van der Waals surface area contributed by atoms with Gasteiger partial charge in [-0.15, -0.1) is 0 Å². The van der Waals surface area contributed by atoms with Crippen LogP contribution in [-0.4, -0.2) is 18.1 Å². The minimum absolute atomic E-state index is 0.00875. The molecule has 0 aliphatic carbocycles. The van der Waals surface area contributed by atoms with E-state index < -0.39 is 12.4 Å². The monoisotopic (exact) mass is 230 g/mol. The number of hydrogen-bond donors (Lipinski definition) is 1. The molecule has 0 aliphatic heterocycles. The van der Waals surface area contributed by atoms with Crippen LogP contribution in [0.5, 0.6) is 0 Å². The van der Waals surface area contributed by atoms with Gasteiger partial charge in [-0.25, -0.2) is 8.78 Å². The fourth-order valence-electron chi connectivity index (χ4n) is 1.23. The normalized spacial score (nSPS) is 10.6. The summed E-state index contributed by atoms with van der Waals surface area (Å²) >= 11 is 0. The molecule has 0 amide bonds. The second kappa shape index (κ2) is 5.50. The minimum atomic E-state index is -2.70. The van der Waals surface area contributed by atoms with Crippen molar-refractivity contribution in [3.05, 3.63) is 29.1 Å². The molecule has 6 heteroatoms. The second-order valence-corrected chi connectivity index (χ2v) is 3.10. The van der Waals surface area contributed by atoms with Crippen molar-refractivity contribution in [1.82, 2.24) is 4.98 Å². The summed E-state index contributed by atoms with van der Waals surface area (Å²) in [6.07, 6.45) is -2.82. The van der Waals surface area contributed by atoms with E-state index in [0.29, 0.717) is 0 Å². The first-order valence-electron chi connectivity index (χ1n) is 4.62. The highest BCUT2D eigenvalue weighted by Gasteiger charge is 2.15. The van der Waals surface area contributed by atoms with E-state index in [9.17, 15) is 13.6 Å². The molecule has 0 spiro atoms. The van der Waals surface area contributed by atoms with E-state index in [0.717, 1.165) is 0 Å². The SMILES string of the molecule is COC(=O)Cc1ccc(CN)c(C(F)F)n1. The zero-order chi connectivity index (χ0) is 12.1. The third kappa shape index (κ3) is 2.96. The number of nitrogens with two attached hydrogens (primary N) is 1. The average Bonchev–Trinajstić information content (AvgIpc) is 2.28. The van der Waals surface area contributed by atoms with Gasteiger partial charge in [0, 0.05) is 6.54 Å². The highest BCUT2D eigenvalue weighted by Crippen LogP contribution is 2.21. The number of nitrogens with zero attached hydrogens (tertiary/aromatic N) is 1. The van der Waals surface area contributed by atoms with Gasteiger partial charge in [0.05, 0.1) is 19.2 Å². The van der Waals surface area contributed by atoms with Crippen LogP contribution in [0.25, 0.3) is 0 Å². The summed E-state index contributed by atoms with van der Waals surface area (Å²) in [5.74, 6) is -0.520. The first-order valence-corrected chi connectivity index (χ1v) is 4.62. The number of alkyl halides is 2. The van der Waals surface area contributed by atoms with Crippen molar-refractivity contribution in [2.75, 3.05) is 7.11 Å². The molecule has 16 heavy (non-hydrogen) atoms. The molecule has 0 fully saturated rings. The number of carbonyl (C=O) groups is 1. The van der Waals surface area contributed by atoms with Crippen LogP contribution in [0.4, 0.5) is 8.78 Å². The Kier molecular flexibility index (Phi) is 4.30. The summed E-state index contributed by atoms with van der Waals surface area (Å²) in [6.45, 7) is -0.00875. The summed E-state index contributed by atoms with van der Waals surface area (Å²) in [5.41, 5.74) is 5.46. The standard InChI is InChI=1S/C10H12F2N2O2/c1-16-8(15)4-7-3-2-6(5-13)9(14-7)10(11)12/h2-3,10H,4-5,13H2,1H3. The Labute approximate surface area is 91.4 Å². The van der Waals surface area contributed by atoms with Crippen LogP contribution in [-0.2, 0) is 22.5 Å². The maximum Gasteiger partial charge on any atom is 0.311 e. The maximum absolute atomic E-state index is 12.6. The topological polar surface area (TPSA) is 65.2 Å². The van der Waals surface area contributed by atoms with Gasteiger partial charge in [0.1, 0.15) is 5.69 Å². The number of rotatable bonds is 4. The van der Waals surface area contributed by atoms with Gasteiger partial charge in [0.15, 0.2) is 0 Å². The van der Waals surface area contributed by atoms with Crippen LogP contribution >= 0.6 is 0 Å². The molecule has 0 unspecified atom stereocenters. The van der Waals surface area contributed by atoms with Crippen LogP contribution in [0, 0.1) is 0 Å². The maximum atomic E-state index is 12.6. The van der Waals surface area contributed by atoms with Gasteiger partial charge in [-0.3, -0.25) is 9.78 Å². The first-order chi connectivity index (χ1) is 7.58. The highest BCUT2D eigenvalue weighted by atomic mass is 19.3. The van der Waals surface area contributed by atoms with Crippen LogP contribution in [0.3, 0.4) is 0 Å². The summed E-state index contributed by atoms with van der Waals surface area (Å²) in [5, 5.41) is 0. The van der Waals surface area contributed by atoms with Crippen LogP contribution in [0.1, 0.15) is 23.4 Å². The molecule has 2 N–H and O–H groups in total. The third-order valence-corrected chi connectivity index (χ3v) is 2.05. The van der Waals surface area contributed by atoms with Crippen molar-refractivity contribution in [2.24, 2.45) is 5.73 Å². The number of ether oxygens (including phenoxy) is 1. The third-order valence-electron chi connectivity index (χ3n) is 2.05. The second-order valence-electron chi connectivity index (χ2n) is 3.10. The Balaban J connectivity index is 2.97. The number of hydrogen-bond acceptors (Lipinski definition) is 4. The number of esters is 1. The van der Waals surface area contributed by atoms with Crippen molar-refractivity contribution < 1.29 is 18.3 Å². The lowest BCUT2D eigenvalue weighted by Gasteiger charge is -2.08. The van der Waals surface area contributed by atoms with E-state index in [1.165, 1.54) is 19.2 Å². The Morgan fingerprint density at radius 2 is 2.25 bits per heavy atom. The van der Waals surface area contributed by atoms with Crippen molar-refractivity contribution in [2.45, 2.75) is 19.4 Å². The Morgan fingerprint density at radius 3 is 2.75 bits per heavy atom. The molecule has 88 valence electrons. The summed E-state index contributed by atoms with van der Waals surface area (Å²) in [6, 6.07) is 2.94. The first kappa shape index (κ1) is 12.5. The lowest BCUT2D eigenvalue weighted by atomic mass is 10.1. The number of carbonyl (C=O) groups excluding carboxylic acids is 1. The van der Waals surface area contributed by atoms with Crippen molar-refractivity contribution >= 4 is 5.97 Å². The molecular weight excluding hydrogens is 218 g/mol. The molecular formula is C10H12F2N2O2. The van der Waals surface area contributed by atoms with Gasteiger partial charge in [0.25, 0.3) is 6.43 Å². The van der Waals surface area contributed by atoms with Gasteiger partial charge in [0.2, 0.25) is 0 Å². The minimum Gasteiger partial charge on any atom is -0.469 e. The van der Waals surface area contributed by atoms with E-state index >= 15 is 0 Å². The van der Waals surface area contributed by atoms with Gasteiger partial charge in [-0.2, -0.15) is 0 Å². The van der Waals surface area contributed by atoms with E-state index in [-0.39, 0.29) is 29.9 Å². The van der Waals surface area contributed by atoms with Crippen molar-refractivity contribution in [3.8, 4) is 0 Å². The Morgan fingerprint density at radius 1 is 1.56 bits per heavy atom. The fraction of sp³-hybridized carbons (Fsp3) is 0.400. The number of methoxy groups -OCH3 is 1. The van der Waals surface area contributed by atoms with Gasteiger partial charge in [-0.05, 0) is 11.6 Å². The number of halogens is 2. The molecule has 0 radical (unpaired) electrons. The van der Waals surface area contributed by atoms with Gasteiger partial charge >= 0.3 is 5.97 Å². The summed E-state index contributed by atoms with van der Waals surface area (Å²) < 4.78 is 29.6. The smallest absolute Gasteiger partial charge is 0.311 e. The van der Waals surface area contributed by atoms with Gasteiger partial charge < -0.3 is 10.5 Å². The molecule has 0 atom stereocenters. The molecule has 4 nitrogen and oxygen atoms in total. The molecule has 0 aliphatic rings. The highest BCUT2D eigenvalue weighted by molar-refractivity contribution is 5.71. The van der Waals surface area contributed by atoms with E-state index in [2.05, 4.69) is 9.72 Å². The molecule has 1 aromatic heterocycles. The molecule has 1 aromatic rings. The molecule has 0 saturated heterocycles. The lowest BCUT2D eigenvalue weighted by Crippen LogP contribution is -2.10. The van der Waals surface area contributed by atoms with Crippen molar-refractivity contribution in [1.29, 1.82) is 0 Å². The summed E-state index contributed by atoms with van der Waals surface area (Å²) in [4.78, 5) is 14.6. The quantitative estimate of drug-likeness (QED) is 0.789. The van der Waals surface area contributed by atoms with Gasteiger partial charge in [-0.1, -0.05) is 6.07 Å².